The molecule has 0 radical (unpaired) electrons. The van der Waals surface area contributed by atoms with Gasteiger partial charge in [0.1, 0.15) is 10.8 Å². The van der Waals surface area contributed by atoms with Crippen LogP contribution < -0.4 is 15.5 Å². The van der Waals surface area contributed by atoms with Gasteiger partial charge in [-0.2, -0.15) is 5.10 Å². The lowest BCUT2D eigenvalue weighted by Gasteiger charge is -2.25. The van der Waals surface area contributed by atoms with Crippen LogP contribution in [0, 0.1) is 0 Å². The lowest BCUT2D eigenvalue weighted by atomic mass is 10.1. The number of ether oxygens (including phenoxy) is 1. The number of amides is 2. The summed E-state index contributed by atoms with van der Waals surface area (Å²) >= 11 is 1.24. The number of hydrazone groups is 1. The predicted molar refractivity (Wildman–Crippen MR) is 145 cm³/mol. The van der Waals surface area contributed by atoms with Crippen LogP contribution in [0.2, 0.25) is 0 Å². The van der Waals surface area contributed by atoms with Crippen LogP contribution in [0.5, 0.6) is 5.75 Å². The van der Waals surface area contributed by atoms with Gasteiger partial charge in [0, 0.05) is 25.2 Å². The molecule has 3 rings (SSSR count). The molecule has 37 heavy (non-hydrogen) atoms. The van der Waals surface area contributed by atoms with Crippen LogP contribution in [0.25, 0.3) is 0 Å². The van der Waals surface area contributed by atoms with Gasteiger partial charge in [0.05, 0.1) is 31.1 Å². The Labute approximate surface area is 220 Å². The van der Waals surface area contributed by atoms with Crippen LogP contribution in [-0.2, 0) is 6.54 Å². The smallest absolute Gasteiger partial charge is 0.274 e. The average Bonchev–Trinajstić information content (AvgIpc) is 3.32. The fraction of sp³-hybridized carbons (Fsp3) is 0.296. The Morgan fingerprint density at radius 1 is 1.05 bits per heavy atom. The molecule has 0 spiro atoms. The van der Waals surface area contributed by atoms with Crippen molar-refractivity contribution in [2.75, 3.05) is 25.5 Å². The van der Waals surface area contributed by atoms with Crippen molar-refractivity contribution in [3.05, 3.63) is 82.2 Å². The summed E-state index contributed by atoms with van der Waals surface area (Å²) in [5.41, 5.74) is 4.89. The number of nitrogens with one attached hydrogen (secondary N) is 2. The van der Waals surface area contributed by atoms with Gasteiger partial charge in [0.25, 0.3) is 11.8 Å². The van der Waals surface area contributed by atoms with Crippen molar-refractivity contribution in [2.45, 2.75) is 32.6 Å². The Morgan fingerprint density at radius 2 is 1.76 bits per heavy atom. The van der Waals surface area contributed by atoms with Crippen LogP contribution in [0.1, 0.15) is 45.7 Å². The van der Waals surface area contributed by atoms with E-state index in [1.165, 1.54) is 17.6 Å². The Kier molecular flexibility index (Phi) is 10.3. The fourth-order valence-corrected chi connectivity index (χ4v) is 4.48. The number of carbonyl (C=O) groups is 2. The molecular weight excluding hydrogens is 492 g/mol. The highest BCUT2D eigenvalue weighted by molar-refractivity contribution is 7.14. The number of aliphatic hydroxyl groups is 2. The number of nitrogens with zero attached hydrogens (tertiary/aromatic N) is 2. The van der Waals surface area contributed by atoms with E-state index >= 15 is 0 Å². The molecule has 0 aliphatic rings. The zero-order valence-corrected chi connectivity index (χ0v) is 21.9. The number of carbonyl (C=O) groups excluding carboxylic acids is 2. The zero-order valence-electron chi connectivity index (χ0n) is 21.0. The Bertz CT molecular complexity index is 1200. The third kappa shape index (κ3) is 8.80. The number of hydrogen-bond donors (Lipinski definition) is 4. The van der Waals surface area contributed by atoms with E-state index < -0.39 is 18.1 Å². The first-order valence-corrected chi connectivity index (χ1v) is 12.7. The highest BCUT2D eigenvalue weighted by Gasteiger charge is 2.17. The van der Waals surface area contributed by atoms with E-state index in [0.717, 1.165) is 16.9 Å². The van der Waals surface area contributed by atoms with E-state index in [2.05, 4.69) is 15.8 Å². The third-order valence-corrected chi connectivity index (χ3v) is 6.10. The Hall–Kier alpha value is -3.57. The van der Waals surface area contributed by atoms with E-state index in [9.17, 15) is 19.8 Å². The molecule has 196 valence electrons. The second-order valence-corrected chi connectivity index (χ2v) is 9.60. The zero-order chi connectivity index (χ0) is 26.8. The summed E-state index contributed by atoms with van der Waals surface area (Å²) in [6.07, 6.45) is 0.426. The van der Waals surface area contributed by atoms with Gasteiger partial charge in [0.2, 0.25) is 0 Å². The highest BCUT2D eigenvalue weighted by atomic mass is 32.1. The van der Waals surface area contributed by atoms with Crippen molar-refractivity contribution in [1.29, 1.82) is 0 Å². The lowest BCUT2D eigenvalue weighted by Crippen LogP contribution is -2.35. The van der Waals surface area contributed by atoms with Gasteiger partial charge in [-0.15, -0.1) is 11.3 Å². The SMILES string of the molecule is COc1ccc(C=NNC(=O)c2ccsc2NC(=O)c2cccc(CN(CC(C)O)CC(C)O)c2)cc1. The van der Waals surface area contributed by atoms with Gasteiger partial charge < -0.3 is 20.3 Å². The number of anilines is 1. The second kappa shape index (κ2) is 13.7. The summed E-state index contributed by atoms with van der Waals surface area (Å²) in [5.74, 6) is -0.0677. The van der Waals surface area contributed by atoms with E-state index in [4.69, 9.17) is 4.74 Å². The second-order valence-electron chi connectivity index (χ2n) is 8.68. The van der Waals surface area contributed by atoms with Crippen LogP contribution in [-0.4, -0.2) is 65.5 Å². The predicted octanol–water partition coefficient (Wildman–Crippen LogP) is 3.34. The molecule has 9 nitrogen and oxygen atoms in total. The number of benzene rings is 2. The van der Waals surface area contributed by atoms with E-state index in [1.54, 1.807) is 62.7 Å². The van der Waals surface area contributed by atoms with Gasteiger partial charge >= 0.3 is 0 Å². The molecule has 1 aromatic heterocycles. The number of aliphatic hydroxyl groups excluding tert-OH is 2. The monoisotopic (exact) mass is 524 g/mol. The molecule has 0 aliphatic heterocycles. The quantitative estimate of drug-likeness (QED) is 0.213. The number of rotatable bonds is 12. The van der Waals surface area contributed by atoms with Gasteiger partial charge in [0.15, 0.2) is 0 Å². The lowest BCUT2D eigenvalue weighted by molar-refractivity contribution is 0.0793. The van der Waals surface area contributed by atoms with Crippen molar-refractivity contribution in [3.63, 3.8) is 0 Å². The summed E-state index contributed by atoms with van der Waals surface area (Å²) in [6, 6.07) is 16.0. The number of thiophene rings is 1. The summed E-state index contributed by atoms with van der Waals surface area (Å²) in [4.78, 5) is 27.5. The van der Waals surface area contributed by atoms with Crippen molar-refractivity contribution in [3.8, 4) is 5.75 Å². The number of hydrogen-bond acceptors (Lipinski definition) is 8. The van der Waals surface area contributed by atoms with Gasteiger partial charge in [-0.3, -0.25) is 14.5 Å². The van der Waals surface area contributed by atoms with Crippen molar-refractivity contribution >= 4 is 34.4 Å². The molecule has 0 saturated heterocycles. The van der Waals surface area contributed by atoms with Crippen LogP contribution in [0.15, 0.2) is 65.1 Å². The minimum Gasteiger partial charge on any atom is -0.497 e. The molecule has 2 aromatic carbocycles. The molecule has 0 aliphatic carbocycles. The summed E-state index contributed by atoms with van der Waals surface area (Å²) < 4.78 is 5.12. The average molecular weight is 525 g/mol. The molecule has 2 atom stereocenters. The molecule has 2 amide bonds. The third-order valence-electron chi connectivity index (χ3n) is 5.27. The summed E-state index contributed by atoms with van der Waals surface area (Å²) in [5, 5.41) is 28.5. The maximum atomic E-state index is 13.0. The fourth-order valence-electron chi connectivity index (χ4n) is 3.70. The Balaban J connectivity index is 1.63. The summed E-state index contributed by atoms with van der Waals surface area (Å²) in [7, 11) is 1.59. The van der Waals surface area contributed by atoms with Crippen molar-refractivity contribution in [1.82, 2.24) is 10.3 Å². The molecule has 10 heteroatoms. The van der Waals surface area contributed by atoms with Crippen LogP contribution in [0.4, 0.5) is 5.00 Å². The van der Waals surface area contributed by atoms with Crippen molar-refractivity contribution < 1.29 is 24.5 Å². The summed E-state index contributed by atoms with van der Waals surface area (Å²) in [6.45, 7) is 4.65. The first kappa shape index (κ1) is 28.0. The molecule has 0 fully saturated rings. The molecule has 1 heterocycles. The van der Waals surface area contributed by atoms with Crippen LogP contribution in [0.3, 0.4) is 0 Å². The van der Waals surface area contributed by atoms with E-state index in [0.29, 0.717) is 35.8 Å². The normalized spacial score (nSPS) is 12.9. The first-order chi connectivity index (χ1) is 17.7. The maximum absolute atomic E-state index is 13.0. The molecule has 4 N–H and O–H groups in total. The molecule has 3 aromatic rings. The molecule has 0 saturated carbocycles. The van der Waals surface area contributed by atoms with Gasteiger partial charge in [-0.05, 0) is 72.8 Å². The minimum atomic E-state index is -0.547. The topological polar surface area (TPSA) is 123 Å². The van der Waals surface area contributed by atoms with Gasteiger partial charge in [-0.1, -0.05) is 12.1 Å². The maximum Gasteiger partial charge on any atom is 0.274 e. The number of methoxy groups -OCH3 is 1. The standard InChI is InChI=1S/C27H32N4O5S/c1-18(32)15-31(16-19(2)33)17-21-5-4-6-22(13-21)25(34)29-27-24(11-12-37-27)26(35)30-28-14-20-7-9-23(36-3)10-8-20/h4-14,18-19,32-33H,15-17H2,1-3H3,(H,29,34)(H,30,35). The van der Waals surface area contributed by atoms with Crippen LogP contribution >= 0.6 is 11.3 Å². The largest absolute Gasteiger partial charge is 0.497 e. The minimum absolute atomic E-state index is 0.307. The first-order valence-electron chi connectivity index (χ1n) is 11.8. The molecule has 0 bridgehead atoms. The van der Waals surface area contributed by atoms with Crippen molar-refractivity contribution in [2.24, 2.45) is 5.10 Å². The van der Waals surface area contributed by atoms with E-state index in [-0.39, 0.29) is 5.91 Å². The van der Waals surface area contributed by atoms with Gasteiger partial charge in [-0.25, -0.2) is 5.43 Å². The molecular formula is C27H32N4O5S. The highest BCUT2D eigenvalue weighted by Crippen LogP contribution is 2.24. The Morgan fingerprint density at radius 3 is 2.41 bits per heavy atom. The molecule has 2 unspecified atom stereocenters. The van der Waals surface area contributed by atoms with E-state index in [1.807, 2.05) is 23.1 Å².